The largest absolute Gasteiger partial charge is 0.444 e. The molecule has 1 aromatic rings. The van der Waals surface area contributed by atoms with Gasteiger partial charge in [0.15, 0.2) is 0 Å². The lowest BCUT2D eigenvalue weighted by Gasteiger charge is -2.36. The first-order valence-corrected chi connectivity index (χ1v) is 8.15. The Hall–Kier alpha value is -1.33. The van der Waals surface area contributed by atoms with Crippen molar-refractivity contribution in [3.63, 3.8) is 0 Å². The van der Waals surface area contributed by atoms with Crippen molar-refractivity contribution in [2.45, 2.75) is 45.3 Å². The van der Waals surface area contributed by atoms with Crippen LogP contribution in [0.5, 0.6) is 0 Å². The van der Waals surface area contributed by atoms with E-state index in [1.165, 1.54) is 12.1 Å². The van der Waals surface area contributed by atoms with Crippen molar-refractivity contribution in [1.82, 2.24) is 4.90 Å². The number of nitrogens with zero attached hydrogens (tertiary/aromatic N) is 1. The zero-order chi connectivity index (χ0) is 17.2. The first-order chi connectivity index (χ1) is 10.7. The highest BCUT2D eigenvalue weighted by atomic mass is 35.5. The van der Waals surface area contributed by atoms with Gasteiger partial charge < -0.3 is 14.7 Å². The van der Waals surface area contributed by atoms with Crippen molar-refractivity contribution in [3.05, 3.63) is 34.6 Å². The second-order valence-electron chi connectivity index (χ2n) is 6.98. The summed E-state index contributed by atoms with van der Waals surface area (Å²) in [7, 11) is 0. The molecule has 128 valence electrons. The molecule has 0 bridgehead atoms. The molecule has 1 heterocycles. The van der Waals surface area contributed by atoms with E-state index in [9.17, 15) is 14.3 Å². The minimum atomic E-state index is -0.867. The van der Waals surface area contributed by atoms with Crippen LogP contribution in [0, 0.1) is 11.7 Å². The second kappa shape index (κ2) is 7.05. The molecule has 4 nitrogen and oxygen atoms in total. The lowest BCUT2D eigenvalue weighted by molar-refractivity contribution is 0.00234. The van der Waals surface area contributed by atoms with E-state index < -0.39 is 17.5 Å². The summed E-state index contributed by atoms with van der Waals surface area (Å²) in [6.45, 7) is 6.42. The molecule has 1 amide bonds. The van der Waals surface area contributed by atoms with Crippen LogP contribution in [0.4, 0.5) is 9.18 Å². The Morgan fingerprint density at radius 2 is 2.13 bits per heavy atom. The van der Waals surface area contributed by atoms with Crippen molar-refractivity contribution >= 4 is 17.7 Å². The van der Waals surface area contributed by atoms with Gasteiger partial charge in [0.2, 0.25) is 0 Å². The minimum absolute atomic E-state index is 0.172. The average molecular weight is 344 g/mol. The second-order valence-corrected chi connectivity index (χ2v) is 7.41. The smallest absolute Gasteiger partial charge is 0.410 e. The topological polar surface area (TPSA) is 49.8 Å². The fourth-order valence-corrected chi connectivity index (χ4v) is 3.01. The maximum Gasteiger partial charge on any atom is 0.410 e. The third kappa shape index (κ3) is 5.08. The molecule has 1 aromatic carbocycles. The van der Waals surface area contributed by atoms with E-state index in [2.05, 4.69) is 0 Å². The van der Waals surface area contributed by atoms with Crippen molar-refractivity contribution in [2.24, 2.45) is 5.92 Å². The number of aliphatic hydroxyl groups is 1. The summed E-state index contributed by atoms with van der Waals surface area (Å²) >= 11 is 5.85. The van der Waals surface area contributed by atoms with Gasteiger partial charge in [0, 0.05) is 24.0 Å². The maximum absolute atomic E-state index is 13.5. The standard InChI is InChI=1S/C17H23ClFNO3/c1-17(2,3)23-16(22)20-6-4-5-11(10-20)15(21)12-7-13(18)9-14(19)8-12/h7-9,11,15,21H,4-6,10H2,1-3H3/t11-,15-/m1/s1. The molecule has 1 fully saturated rings. The van der Waals surface area contributed by atoms with Gasteiger partial charge in [-0.1, -0.05) is 11.6 Å². The van der Waals surface area contributed by atoms with Gasteiger partial charge in [-0.25, -0.2) is 9.18 Å². The van der Waals surface area contributed by atoms with Gasteiger partial charge in [-0.2, -0.15) is 0 Å². The molecule has 0 radical (unpaired) electrons. The molecular weight excluding hydrogens is 321 g/mol. The highest BCUT2D eigenvalue weighted by Gasteiger charge is 2.31. The van der Waals surface area contributed by atoms with E-state index >= 15 is 0 Å². The molecular formula is C17H23ClFNO3. The fourth-order valence-electron chi connectivity index (χ4n) is 2.78. The van der Waals surface area contributed by atoms with Crippen molar-refractivity contribution < 1.29 is 19.0 Å². The number of hydrogen-bond acceptors (Lipinski definition) is 3. The predicted molar refractivity (Wildman–Crippen MR) is 86.9 cm³/mol. The summed E-state index contributed by atoms with van der Waals surface area (Å²) in [6.07, 6.45) is 0.277. The average Bonchev–Trinajstić information content (AvgIpc) is 2.44. The molecule has 1 saturated heterocycles. The van der Waals surface area contributed by atoms with E-state index in [1.807, 2.05) is 20.8 Å². The molecule has 1 aliphatic rings. The highest BCUT2D eigenvalue weighted by molar-refractivity contribution is 6.30. The Balaban J connectivity index is 2.06. The van der Waals surface area contributed by atoms with Crippen LogP contribution in [-0.2, 0) is 4.74 Å². The SMILES string of the molecule is CC(C)(C)OC(=O)N1CCC[C@@H]([C@@H](O)c2cc(F)cc(Cl)c2)C1. The zero-order valence-electron chi connectivity index (χ0n) is 13.7. The number of piperidine rings is 1. The van der Waals surface area contributed by atoms with Crippen molar-refractivity contribution in [1.29, 1.82) is 0 Å². The number of rotatable bonds is 2. The normalized spacial score (nSPS) is 20.3. The number of ether oxygens (including phenoxy) is 1. The number of aliphatic hydroxyl groups excluding tert-OH is 1. The summed E-state index contributed by atoms with van der Waals surface area (Å²) in [5, 5.41) is 10.8. The van der Waals surface area contributed by atoms with Crippen LogP contribution in [0.2, 0.25) is 5.02 Å². The van der Waals surface area contributed by atoms with E-state index in [0.29, 0.717) is 18.7 Å². The molecule has 0 unspecified atom stereocenters. The number of hydrogen-bond donors (Lipinski definition) is 1. The molecule has 6 heteroatoms. The molecule has 2 rings (SSSR count). The number of carbonyl (C=O) groups is 1. The molecule has 1 N–H and O–H groups in total. The van der Waals surface area contributed by atoms with E-state index in [1.54, 1.807) is 11.0 Å². The lowest BCUT2D eigenvalue weighted by atomic mass is 9.88. The maximum atomic E-state index is 13.5. The number of carbonyl (C=O) groups excluding carboxylic acids is 1. The van der Waals surface area contributed by atoms with Gasteiger partial charge in [0.05, 0.1) is 6.10 Å². The lowest BCUT2D eigenvalue weighted by Crippen LogP contribution is -2.44. The molecule has 1 aliphatic heterocycles. The number of amides is 1. The van der Waals surface area contributed by atoms with Crippen LogP contribution >= 0.6 is 11.6 Å². The van der Waals surface area contributed by atoms with Gasteiger partial charge in [-0.05, 0) is 57.4 Å². The number of halogens is 2. The Morgan fingerprint density at radius 3 is 2.74 bits per heavy atom. The summed E-state index contributed by atoms with van der Waals surface area (Å²) in [5.74, 6) is -0.652. The van der Waals surface area contributed by atoms with E-state index in [0.717, 1.165) is 12.8 Å². The Labute approximate surface area is 141 Å². The van der Waals surface area contributed by atoms with E-state index in [-0.39, 0.29) is 17.0 Å². The molecule has 23 heavy (non-hydrogen) atoms. The van der Waals surface area contributed by atoms with Crippen molar-refractivity contribution in [3.8, 4) is 0 Å². The van der Waals surface area contributed by atoms with Crippen LogP contribution in [0.15, 0.2) is 18.2 Å². The van der Waals surface area contributed by atoms with Gasteiger partial charge >= 0.3 is 6.09 Å². The molecule has 0 aromatic heterocycles. The summed E-state index contributed by atoms with van der Waals surface area (Å²) in [6, 6.07) is 4.04. The third-order valence-electron chi connectivity index (χ3n) is 3.78. The Morgan fingerprint density at radius 1 is 1.43 bits per heavy atom. The van der Waals surface area contributed by atoms with Crippen molar-refractivity contribution in [2.75, 3.05) is 13.1 Å². The molecule has 0 saturated carbocycles. The first-order valence-electron chi connectivity index (χ1n) is 7.78. The summed E-state index contributed by atoms with van der Waals surface area (Å²) < 4.78 is 18.8. The monoisotopic (exact) mass is 343 g/mol. The van der Waals surface area contributed by atoms with Crippen LogP contribution in [0.25, 0.3) is 0 Å². The van der Waals surface area contributed by atoms with Crippen LogP contribution in [0.3, 0.4) is 0 Å². The van der Waals surface area contributed by atoms with Crippen LogP contribution < -0.4 is 0 Å². The highest BCUT2D eigenvalue weighted by Crippen LogP contribution is 2.32. The number of likely N-dealkylation sites (tertiary alicyclic amines) is 1. The third-order valence-corrected chi connectivity index (χ3v) is 4.00. The molecule has 0 spiro atoms. The molecule has 2 atom stereocenters. The summed E-state index contributed by atoms with van der Waals surface area (Å²) in [4.78, 5) is 13.8. The van der Waals surface area contributed by atoms with Gasteiger partial charge in [-0.3, -0.25) is 0 Å². The fraction of sp³-hybridized carbons (Fsp3) is 0.588. The van der Waals surface area contributed by atoms with Gasteiger partial charge in [0.1, 0.15) is 11.4 Å². The van der Waals surface area contributed by atoms with E-state index in [4.69, 9.17) is 16.3 Å². The van der Waals surface area contributed by atoms with Crippen LogP contribution in [-0.4, -0.2) is 34.8 Å². The zero-order valence-corrected chi connectivity index (χ0v) is 14.4. The molecule has 0 aliphatic carbocycles. The van der Waals surface area contributed by atoms with Crippen LogP contribution in [0.1, 0.15) is 45.3 Å². The van der Waals surface area contributed by atoms with Gasteiger partial charge in [-0.15, -0.1) is 0 Å². The Kier molecular flexibility index (Phi) is 5.53. The predicted octanol–water partition coefficient (Wildman–Crippen LogP) is 4.16. The Bertz CT molecular complexity index is 553. The first kappa shape index (κ1) is 18.0. The quantitative estimate of drug-likeness (QED) is 0.877. The number of benzene rings is 1. The summed E-state index contributed by atoms with van der Waals surface area (Å²) in [5.41, 5.74) is -0.121. The minimum Gasteiger partial charge on any atom is -0.444 e. The van der Waals surface area contributed by atoms with Gasteiger partial charge in [0.25, 0.3) is 0 Å².